The molecule has 0 saturated heterocycles. The first-order valence-electron chi connectivity index (χ1n) is 4.10. The first-order chi connectivity index (χ1) is 7.56. The van der Waals surface area contributed by atoms with E-state index in [0.29, 0.717) is 9.47 Å². The van der Waals surface area contributed by atoms with Crippen LogP contribution in [0.3, 0.4) is 0 Å². The maximum absolute atomic E-state index is 13.3. The Morgan fingerprint density at radius 1 is 1.38 bits per heavy atom. The zero-order valence-electron chi connectivity index (χ0n) is 7.71. The van der Waals surface area contributed by atoms with Crippen molar-refractivity contribution >= 4 is 32.3 Å². The summed E-state index contributed by atoms with van der Waals surface area (Å²) in [6.07, 6.45) is 1.38. The van der Waals surface area contributed by atoms with Crippen molar-refractivity contribution in [3.05, 3.63) is 34.4 Å². The van der Waals surface area contributed by atoms with Crippen molar-refractivity contribution in [2.24, 2.45) is 0 Å². The van der Waals surface area contributed by atoms with Crippen LogP contribution >= 0.6 is 27.3 Å². The SMILES string of the molecule is Nc1cnc(Oc2cc(Br)cc(F)c2F)s1. The van der Waals surface area contributed by atoms with Gasteiger partial charge in [0.1, 0.15) is 5.00 Å². The van der Waals surface area contributed by atoms with Crippen LogP contribution in [0.15, 0.2) is 22.8 Å². The Morgan fingerprint density at radius 3 is 2.75 bits per heavy atom. The molecule has 0 amide bonds. The van der Waals surface area contributed by atoms with Gasteiger partial charge in [-0.25, -0.2) is 9.37 Å². The van der Waals surface area contributed by atoms with Crippen molar-refractivity contribution < 1.29 is 13.5 Å². The molecule has 0 bridgehead atoms. The average Bonchev–Trinajstić information content (AvgIpc) is 2.60. The number of hydrogen-bond donors (Lipinski definition) is 1. The predicted octanol–water partition coefficient (Wildman–Crippen LogP) is 3.56. The number of nitrogens with two attached hydrogens (primary N) is 1. The number of nitrogens with zero attached hydrogens (tertiary/aromatic N) is 1. The third-order valence-corrected chi connectivity index (χ3v) is 2.82. The summed E-state index contributed by atoms with van der Waals surface area (Å²) in [5.74, 6) is -2.29. The van der Waals surface area contributed by atoms with Crippen LogP contribution in [0.1, 0.15) is 0 Å². The maximum Gasteiger partial charge on any atom is 0.280 e. The zero-order chi connectivity index (χ0) is 11.7. The van der Waals surface area contributed by atoms with E-state index in [1.165, 1.54) is 12.3 Å². The molecule has 0 aliphatic carbocycles. The Balaban J connectivity index is 2.34. The van der Waals surface area contributed by atoms with Crippen molar-refractivity contribution in [3.8, 4) is 10.9 Å². The van der Waals surface area contributed by atoms with Gasteiger partial charge in [-0.3, -0.25) is 0 Å². The van der Waals surface area contributed by atoms with Crippen LogP contribution < -0.4 is 10.5 Å². The standard InChI is InChI=1S/C9H5BrF2N2OS/c10-4-1-5(11)8(12)6(2-4)15-9-14-3-7(13)16-9/h1-3H,13H2. The first kappa shape index (κ1) is 11.3. The summed E-state index contributed by atoms with van der Waals surface area (Å²) in [5.41, 5.74) is 5.43. The molecule has 0 atom stereocenters. The lowest BCUT2D eigenvalue weighted by Gasteiger charge is -2.04. The van der Waals surface area contributed by atoms with Crippen LogP contribution in [0.5, 0.6) is 10.9 Å². The minimum absolute atomic E-state index is 0.161. The van der Waals surface area contributed by atoms with Crippen LogP contribution in [-0.2, 0) is 0 Å². The third-order valence-electron chi connectivity index (χ3n) is 1.66. The fourth-order valence-electron chi connectivity index (χ4n) is 1.02. The molecule has 2 N–H and O–H groups in total. The van der Waals surface area contributed by atoms with Crippen LogP contribution in [0, 0.1) is 11.6 Å². The van der Waals surface area contributed by atoms with Gasteiger partial charge in [-0.2, -0.15) is 4.39 Å². The predicted molar refractivity (Wildman–Crippen MR) is 60.7 cm³/mol. The molecule has 1 heterocycles. The van der Waals surface area contributed by atoms with Crippen LogP contribution in [0.25, 0.3) is 0 Å². The number of anilines is 1. The van der Waals surface area contributed by atoms with Crippen LogP contribution in [-0.4, -0.2) is 4.98 Å². The van der Waals surface area contributed by atoms with E-state index in [-0.39, 0.29) is 10.9 Å². The molecule has 1 aromatic heterocycles. The Labute approximate surface area is 102 Å². The molecule has 2 aromatic rings. The summed E-state index contributed by atoms with van der Waals surface area (Å²) >= 11 is 4.08. The van der Waals surface area contributed by atoms with E-state index in [2.05, 4.69) is 20.9 Å². The minimum atomic E-state index is -1.06. The van der Waals surface area contributed by atoms with Crippen LogP contribution in [0.4, 0.5) is 13.8 Å². The lowest BCUT2D eigenvalue weighted by molar-refractivity contribution is 0.413. The van der Waals surface area contributed by atoms with Crippen molar-refractivity contribution in [1.29, 1.82) is 0 Å². The molecule has 16 heavy (non-hydrogen) atoms. The second-order valence-electron chi connectivity index (χ2n) is 2.83. The number of hydrogen-bond acceptors (Lipinski definition) is 4. The molecule has 84 valence electrons. The van der Waals surface area contributed by atoms with Crippen molar-refractivity contribution in [3.63, 3.8) is 0 Å². The second-order valence-corrected chi connectivity index (χ2v) is 4.77. The second kappa shape index (κ2) is 4.34. The van der Waals surface area contributed by atoms with Gasteiger partial charge in [0.25, 0.3) is 5.19 Å². The Bertz CT molecular complexity index is 532. The van der Waals surface area contributed by atoms with Crippen LogP contribution in [0.2, 0.25) is 0 Å². The van der Waals surface area contributed by atoms with E-state index in [4.69, 9.17) is 10.5 Å². The molecule has 1 aromatic carbocycles. The number of ether oxygens (including phenoxy) is 1. The number of benzene rings is 1. The number of thiazole rings is 1. The van der Waals surface area contributed by atoms with Gasteiger partial charge in [-0.15, -0.1) is 0 Å². The van der Waals surface area contributed by atoms with Gasteiger partial charge in [0.15, 0.2) is 11.6 Å². The fourth-order valence-corrected chi connectivity index (χ4v) is 1.97. The van der Waals surface area contributed by atoms with Gasteiger partial charge in [-0.1, -0.05) is 27.3 Å². The summed E-state index contributed by atoms with van der Waals surface area (Å²) in [6, 6.07) is 2.33. The fraction of sp³-hybridized carbons (Fsp3) is 0. The largest absolute Gasteiger partial charge is 0.428 e. The van der Waals surface area contributed by atoms with E-state index >= 15 is 0 Å². The molecule has 0 aliphatic rings. The molecule has 0 saturated carbocycles. The topological polar surface area (TPSA) is 48.1 Å². The average molecular weight is 307 g/mol. The number of aromatic nitrogens is 1. The lowest BCUT2D eigenvalue weighted by Crippen LogP contribution is -1.91. The normalized spacial score (nSPS) is 10.4. The number of nitrogen functional groups attached to an aromatic ring is 1. The van der Waals surface area contributed by atoms with E-state index in [0.717, 1.165) is 17.4 Å². The molecule has 7 heteroatoms. The molecular weight excluding hydrogens is 302 g/mol. The van der Waals surface area contributed by atoms with E-state index in [1.807, 2.05) is 0 Å². The van der Waals surface area contributed by atoms with Crippen molar-refractivity contribution in [2.45, 2.75) is 0 Å². The summed E-state index contributed by atoms with van der Waals surface area (Å²) in [5, 5.41) is 0.597. The van der Waals surface area contributed by atoms with Gasteiger partial charge in [0, 0.05) is 4.47 Å². The van der Waals surface area contributed by atoms with Gasteiger partial charge < -0.3 is 10.5 Å². The molecule has 0 radical (unpaired) electrons. The Kier molecular flexibility index (Phi) is 3.06. The molecule has 0 aliphatic heterocycles. The molecule has 0 fully saturated rings. The first-order valence-corrected chi connectivity index (χ1v) is 5.71. The van der Waals surface area contributed by atoms with Gasteiger partial charge in [0.2, 0.25) is 5.82 Å². The van der Waals surface area contributed by atoms with E-state index < -0.39 is 11.6 Å². The maximum atomic E-state index is 13.3. The van der Waals surface area contributed by atoms with Gasteiger partial charge in [0.05, 0.1) is 6.20 Å². The highest BCUT2D eigenvalue weighted by molar-refractivity contribution is 9.10. The third kappa shape index (κ3) is 2.30. The van der Waals surface area contributed by atoms with Gasteiger partial charge in [-0.05, 0) is 12.1 Å². The summed E-state index contributed by atoms with van der Waals surface area (Å²) in [6.45, 7) is 0. The molecule has 0 unspecified atom stereocenters. The van der Waals surface area contributed by atoms with E-state index in [9.17, 15) is 8.78 Å². The lowest BCUT2D eigenvalue weighted by atomic mass is 10.3. The Morgan fingerprint density at radius 2 is 2.12 bits per heavy atom. The highest BCUT2D eigenvalue weighted by Crippen LogP contribution is 2.32. The highest BCUT2D eigenvalue weighted by atomic mass is 79.9. The highest BCUT2D eigenvalue weighted by Gasteiger charge is 2.13. The quantitative estimate of drug-likeness (QED) is 0.863. The summed E-state index contributed by atoms with van der Waals surface area (Å²) in [4.78, 5) is 3.78. The monoisotopic (exact) mass is 306 g/mol. The van der Waals surface area contributed by atoms with Crippen molar-refractivity contribution in [1.82, 2.24) is 4.98 Å². The summed E-state index contributed by atoms with van der Waals surface area (Å²) in [7, 11) is 0. The number of halogens is 3. The number of rotatable bonds is 2. The minimum Gasteiger partial charge on any atom is -0.428 e. The van der Waals surface area contributed by atoms with E-state index in [1.54, 1.807) is 0 Å². The molecule has 0 spiro atoms. The molecule has 3 nitrogen and oxygen atoms in total. The van der Waals surface area contributed by atoms with Crippen molar-refractivity contribution in [2.75, 3.05) is 5.73 Å². The van der Waals surface area contributed by atoms with Gasteiger partial charge >= 0.3 is 0 Å². The summed E-state index contributed by atoms with van der Waals surface area (Å²) < 4.78 is 31.8. The molecular formula is C9H5BrF2N2OS. The molecule has 2 rings (SSSR count). The smallest absolute Gasteiger partial charge is 0.280 e. The Hall–Kier alpha value is -1.21. The zero-order valence-corrected chi connectivity index (χ0v) is 10.1.